The first-order valence-electron chi connectivity index (χ1n) is 7.95. The monoisotopic (exact) mass is 404 g/mol. The largest absolute Gasteiger partial charge is 0.487 e. The smallest absolute Gasteiger partial charge is 0.171 e. The van der Waals surface area contributed by atoms with Gasteiger partial charge >= 0.3 is 0 Å². The van der Waals surface area contributed by atoms with Crippen molar-refractivity contribution in [3.63, 3.8) is 0 Å². The van der Waals surface area contributed by atoms with Crippen molar-refractivity contribution in [3.8, 4) is 5.75 Å². The molecule has 3 rings (SSSR count). The summed E-state index contributed by atoms with van der Waals surface area (Å²) < 4.78 is 7.13. The number of aryl methyl sites for hydroxylation is 1. The van der Waals surface area contributed by atoms with Crippen LogP contribution in [0.2, 0.25) is 0 Å². The zero-order valence-electron chi connectivity index (χ0n) is 14.0. The lowest BCUT2D eigenvalue weighted by molar-refractivity contribution is 0.0696. The molecule has 0 saturated carbocycles. The van der Waals surface area contributed by atoms with Crippen molar-refractivity contribution in [1.82, 2.24) is 5.32 Å². The number of hydrogen-bond donors (Lipinski definition) is 2. The zero-order chi connectivity index (χ0) is 17.3. The number of thiocarbonyl (C=S) groups is 1. The molecule has 1 aliphatic rings. The first kappa shape index (κ1) is 17.2. The Bertz CT molecular complexity index is 776. The fourth-order valence-corrected chi connectivity index (χ4v) is 3.65. The maximum atomic E-state index is 6.11. The van der Waals surface area contributed by atoms with E-state index in [-0.39, 0.29) is 11.6 Å². The molecule has 2 aromatic rings. The summed E-state index contributed by atoms with van der Waals surface area (Å²) in [6.07, 6.45) is 0.851. The van der Waals surface area contributed by atoms with Gasteiger partial charge in [0.25, 0.3) is 0 Å². The van der Waals surface area contributed by atoms with Crippen LogP contribution in [0.3, 0.4) is 0 Å². The Morgan fingerprint density at radius 3 is 2.79 bits per heavy atom. The number of benzene rings is 2. The van der Waals surface area contributed by atoms with Crippen molar-refractivity contribution in [1.29, 1.82) is 0 Å². The van der Waals surface area contributed by atoms with E-state index in [2.05, 4.69) is 59.5 Å². The molecule has 0 spiro atoms. The average molecular weight is 405 g/mol. The highest BCUT2D eigenvalue weighted by Crippen LogP contribution is 2.39. The molecular formula is C19H21BrN2OS. The van der Waals surface area contributed by atoms with E-state index in [1.54, 1.807) is 0 Å². The quantitative estimate of drug-likeness (QED) is 0.661. The lowest BCUT2D eigenvalue weighted by atomic mass is 9.89. The fourth-order valence-electron chi connectivity index (χ4n) is 2.99. The van der Waals surface area contributed by atoms with Gasteiger partial charge in [-0.2, -0.15) is 0 Å². The third-order valence-electron chi connectivity index (χ3n) is 4.01. The molecule has 0 aromatic heterocycles. The molecule has 1 heterocycles. The van der Waals surface area contributed by atoms with E-state index in [1.165, 1.54) is 5.56 Å². The summed E-state index contributed by atoms with van der Waals surface area (Å²) in [4.78, 5) is 0. The highest BCUT2D eigenvalue weighted by atomic mass is 79.9. The number of anilines is 1. The normalized spacial score (nSPS) is 18.2. The number of rotatable bonds is 2. The summed E-state index contributed by atoms with van der Waals surface area (Å²) in [5, 5.41) is 7.32. The molecule has 3 nitrogen and oxygen atoms in total. The van der Waals surface area contributed by atoms with E-state index >= 15 is 0 Å². The minimum Gasteiger partial charge on any atom is -0.487 e. The van der Waals surface area contributed by atoms with E-state index < -0.39 is 0 Å². The maximum absolute atomic E-state index is 6.11. The van der Waals surface area contributed by atoms with Gasteiger partial charge in [0, 0.05) is 22.1 Å². The molecule has 0 aliphatic carbocycles. The predicted molar refractivity (Wildman–Crippen MR) is 107 cm³/mol. The van der Waals surface area contributed by atoms with Crippen molar-refractivity contribution >= 4 is 38.9 Å². The van der Waals surface area contributed by atoms with Crippen molar-refractivity contribution in [2.75, 3.05) is 5.32 Å². The van der Waals surface area contributed by atoms with Gasteiger partial charge in [0.05, 0.1) is 6.04 Å². The Morgan fingerprint density at radius 2 is 2.04 bits per heavy atom. The van der Waals surface area contributed by atoms with E-state index in [0.29, 0.717) is 5.11 Å². The van der Waals surface area contributed by atoms with Crippen LogP contribution in [0.15, 0.2) is 46.9 Å². The van der Waals surface area contributed by atoms with Crippen molar-refractivity contribution in [3.05, 3.63) is 58.1 Å². The molecule has 1 aliphatic heterocycles. The van der Waals surface area contributed by atoms with Crippen LogP contribution in [0.25, 0.3) is 0 Å². The first-order chi connectivity index (χ1) is 11.3. The summed E-state index contributed by atoms with van der Waals surface area (Å²) in [6.45, 7) is 6.31. The first-order valence-corrected chi connectivity index (χ1v) is 9.15. The summed E-state index contributed by atoms with van der Waals surface area (Å²) in [7, 11) is 0. The summed E-state index contributed by atoms with van der Waals surface area (Å²) in [5.41, 5.74) is 3.10. The topological polar surface area (TPSA) is 33.3 Å². The number of nitrogens with one attached hydrogen (secondary N) is 2. The molecular weight excluding hydrogens is 384 g/mol. The van der Waals surface area contributed by atoms with E-state index in [1.807, 2.05) is 30.3 Å². The average Bonchev–Trinajstić information content (AvgIpc) is 2.47. The number of ether oxygens (including phenoxy) is 1. The summed E-state index contributed by atoms with van der Waals surface area (Å²) in [5.74, 6) is 0.930. The number of hydrogen-bond acceptors (Lipinski definition) is 2. The predicted octanol–water partition coefficient (Wildman–Crippen LogP) is 5.35. The van der Waals surface area contributed by atoms with Gasteiger partial charge in [0.2, 0.25) is 0 Å². The van der Waals surface area contributed by atoms with Crippen molar-refractivity contribution in [2.45, 2.75) is 38.8 Å². The summed E-state index contributed by atoms with van der Waals surface area (Å²) in [6, 6.07) is 14.4. The standard InChI is InChI=1S/C19H21BrN2OS/c1-12-7-8-17-15(9-12)16(11-19(2,3)23-17)22-18(24)21-14-6-4-5-13(20)10-14/h4-10,16H,11H2,1-3H3,(H2,21,22,24)/t16-/m0/s1. The minimum absolute atomic E-state index is 0.121. The van der Waals surface area contributed by atoms with E-state index in [0.717, 1.165) is 27.9 Å². The Balaban J connectivity index is 1.79. The van der Waals surface area contributed by atoms with Crippen LogP contribution in [-0.2, 0) is 0 Å². The van der Waals surface area contributed by atoms with Gasteiger partial charge in [-0.25, -0.2) is 0 Å². The highest BCUT2D eigenvalue weighted by molar-refractivity contribution is 9.10. The molecule has 0 amide bonds. The van der Waals surface area contributed by atoms with Crippen LogP contribution in [0, 0.1) is 6.92 Å². The SMILES string of the molecule is Cc1ccc2c(c1)[C@@H](NC(=S)Nc1cccc(Br)c1)CC(C)(C)O2. The molecule has 0 saturated heterocycles. The van der Waals surface area contributed by atoms with E-state index in [9.17, 15) is 0 Å². The second-order valence-electron chi connectivity index (χ2n) is 6.77. The molecule has 24 heavy (non-hydrogen) atoms. The maximum Gasteiger partial charge on any atom is 0.171 e. The van der Waals surface area contributed by atoms with Gasteiger partial charge in [-0.15, -0.1) is 0 Å². The van der Waals surface area contributed by atoms with Crippen molar-refractivity contribution in [2.24, 2.45) is 0 Å². The lowest BCUT2D eigenvalue weighted by Crippen LogP contribution is -2.42. The summed E-state index contributed by atoms with van der Waals surface area (Å²) >= 11 is 8.99. The Labute approximate surface area is 156 Å². The van der Waals surface area contributed by atoms with Crippen LogP contribution < -0.4 is 15.4 Å². The van der Waals surface area contributed by atoms with Gasteiger partial charge in [0.1, 0.15) is 11.4 Å². The van der Waals surface area contributed by atoms with E-state index in [4.69, 9.17) is 17.0 Å². The lowest BCUT2D eigenvalue weighted by Gasteiger charge is -2.38. The van der Waals surface area contributed by atoms with Gasteiger partial charge < -0.3 is 15.4 Å². The molecule has 0 radical (unpaired) electrons. The molecule has 5 heteroatoms. The molecule has 0 fully saturated rings. The van der Waals surface area contributed by atoms with Crippen LogP contribution >= 0.6 is 28.1 Å². The number of fused-ring (bicyclic) bond motifs is 1. The minimum atomic E-state index is -0.231. The third kappa shape index (κ3) is 4.08. The Hall–Kier alpha value is -1.59. The Morgan fingerprint density at radius 1 is 1.25 bits per heavy atom. The Kier molecular flexibility index (Phi) is 4.83. The zero-order valence-corrected chi connectivity index (χ0v) is 16.4. The molecule has 0 bridgehead atoms. The molecule has 126 valence electrons. The second-order valence-corrected chi connectivity index (χ2v) is 8.09. The van der Waals surface area contributed by atoms with Crippen LogP contribution in [0.4, 0.5) is 5.69 Å². The highest BCUT2D eigenvalue weighted by Gasteiger charge is 2.34. The number of halogens is 1. The fraction of sp³-hybridized carbons (Fsp3) is 0.316. The molecule has 0 unspecified atom stereocenters. The van der Waals surface area contributed by atoms with Crippen LogP contribution in [0.1, 0.15) is 37.4 Å². The van der Waals surface area contributed by atoms with Crippen molar-refractivity contribution < 1.29 is 4.74 Å². The van der Waals surface area contributed by atoms with Gasteiger partial charge in [-0.3, -0.25) is 0 Å². The molecule has 1 atom stereocenters. The third-order valence-corrected chi connectivity index (χ3v) is 4.72. The van der Waals surface area contributed by atoms with Crippen LogP contribution in [0.5, 0.6) is 5.75 Å². The van der Waals surface area contributed by atoms with Gasteiger partial charge in [0.15, 0.2) is 5.11 Å². The van der Waals surface area contributed by atoms with Gasteiger partial charge in [-0.05, 0) is 57.3 Å². The second kappa shape index (κ2) is 6.73. The van der Waals surface area contributed by atoms with Gasteiger partial charge in [-0.1, -0.05) is 39.7 Å². The molecule has 2 aromatic carbocycles. The van der Waals surface area contributed by atoms with Crippen LogP contribution in [-0.4, -0.2) is 10.7 Å². The molecule has 2 N–H and O–H groups in total.